The molecule has 0 aromatic heterocycles. The molecule has 0 radical (unpaired) electrons. The van der Waals surface area contributed by atoms with Crippen LogP contribution < -0.4 is 0 Å². The maximum atomic E-state index is 11.0. The Morgan fingerprint density at radius 3 is 2.00 bits per heavy atom. The zero-order valence-corrected chi connectivity index (χ0v) is 16.2. The van der Waals surface area contributed by atoms with Gasteiger partial charge in [-0.3, -0.25) is 0 Å². The number of carboxylic acids is 1. The van der Waals surface area contributed by atoms with Crippen molar-refractivity contribution < 1.29 is 14.7 Å². The molecule has 0 atom stereocenters. The lowest BCUT2D eigenvalue weighted by Crippen LogP contribution is -1.95. The van der Waals surface area contributed by atoms with Gasteiger partial charge in [0.2, 0.25) is 0 Å². The Morgan fingerprint density at radius 2 is 1.42 bits per heavy atom. The lowest BCUT2D eigenvalue weighted by atomic mass is 10.1. The van der Waals surface area contributed by atoms with Crippen molar-refractivity contribution in [2.45, 2.75) is 84.0 Å². The monoisotopic (exact) mass is 362 g/mol. The summed E-state index contributed by atoms with van der Waals surface area (Å²) in [5.74, 6) is -1.01. The molecule has 1 aromatic rings. The topological polar surface area (TPSA) is 71.2 Å². The standard InChI is InChI=1S/C21H34N2O3/c1-2-3-4-5-6-7-8-9-10-11-12-15-18-26-23-22-20-17-14-13-16-19(20)21(24)25/h13-14,16-17H,2-12,15,18H2,1H3,(H,24,25). The highest BCUT2D eigenvalue weighted by Crippen LogP contribution is 2.19. The molecule has 0 saturated heterocycles. The summed E-state index contributed by atoms with van der Waals surface area (Å²) in [6.07, 6.45) is 15.6. The third-order valence-corrected chi connectivity index (χ3v) is 4.43. The fourth-order valence-corrected chi connectivity index (χ4v) is 2.86. The second-order valence-corrected chi connectivity index (χ2v) is 6.73. The predicted molar refractivity (Wildman–Crippen MR) is 105 cm³/mol. The van der Waals surface area contributed by atoms with Gasteiger partial charge in [-0.25, -0.2) is 4.79 Å². The normalized spacial score (nSPS) is 11.1. The van der Waals surface area contributed by atoms with Gasteiger partial charge in [0, 0.05) is 5.28 Å². The molecule has 0 aliphatic rings. The molecule has 1 rings (SSSR count). The van der Waals surface area contributed by atoms with Gasteiger partial charge in [0.05, 0.1) is 5.56 Å². The van der Waals surface area contributed by atoms with E-state index in [-0.39, 0.29) is 5.56 Å². The average molecular weight is 363 g/mol. The van der Waals surface area contributed by atoms with E-state index >= 15 is 0 Å². The molecule has 0 saturated carbocycles. The van der Waals surface area contributed by atoms with Crippen LogP contribution >= 0.6 is 0 Å². The van der Waals surface area contributed by atoms with Crippen LogP contribution in [0.3, 0.4) is 0 Å². The summed E-state index contributed by atoms with van der Waals surface area (Å²) in [6.45, 7) is 2.78. The third-order valence-electron chi connectivity index (χ3n) is 4.43. The highest BCUT2D eigenvalue weighted by Gasteiger charge is 2.07. The summed E-state index contributed by atoms with van der Waals surface area (Å²) in [5.41, 5.74) is 0.444. The van der Waals surface area contributed by atoms with Crippen molar-refractivity contribution in [2.24, 2.45) is 10.4 Å². The van der Waals surface area contributed by atoms with E-state index in [0.717, 1.165) is 12.8 Å². The minimum absolute atomic E-state index is 0.130. The van der Waals surface area contributed by atoms with Gasteiger partial charge in [0.25, 0.3) is 0 Å². The molecule has 0 heterocycles. The molecule has 1 N–H and O–H groups in total. The van der Waals surface area contributed by atoms with Gasteiger partial charge in [0.15, 0.2) is 0 Å². The van der Waals surface area contributed by atoms with Crippen LogP contribution in [-0.4, -0.2) is 17.7 Å². The van der Waals surface area contributed by atoms with Crippen molar-refractivity contribution in [3.05, 3.63) is 29.8 Å². The number of unbranched alkanes of at least 4 members (excludes halogenated alkanes) is 11. The first-order chi connectivity index (χ1) is 12.8. The fraction of sp³-hybridized carbons (Fsp3) is 0.667. The molecule has 0 aliphatic heterocycles. The molecule has 5 heteroatoms. The quantitative estimate of drug-likeness (QED) is 0.194. The van der Waals surface area contributed by atoms with E-state index in [1.165, 1.54) is 70.3 Å². The lowest BCUT2D eigenvalue weighted by Gasteiger charge is -2.02. The first-order valence-electron chi connectivity index (χ1n) is 10.1. The van der Waals surface area contributed by atoms with Crippen molar-refractivity contribution in [1.82, 2.24) is 0 Å². The Balaban J connectivity index is 1.94. The first kappa shape index (κ1) is 22.1. The van der Waals surface area contributed by atoms with Crippen LogP contribution in [0.5, 0.6) is 0 Å². The number of hydrogen-bond donors (Lipinski definition) is 1. The summed E-state index contributed by atoms with van der Waals surface area (Å²) in [6, 6.07) is 6.50. The van der Waals surface area contributed by atoms with E-state index in [9.17, 15) is 4.79 Å². The van der Waals surface area contributed by atoms with E-state index in [1.807, 2.05) is 0 Å². The van der Waals surface area contributed by atoms with E-state index in [1.54, 1.807) is 18.2 Å². The summed E-state index contributed by atoms with van der Waals surface area (Å²) < 4.78 is 0. The molecule has 0 bridgehead atoms. The zero-order chi connectivity index (χ0) is 18.9. The maximum Gasteiger partial charge on any atom is 0.337 e. The Kier molecular flexibility index (Phi) is 13.1. The van der Waals surface area contributed by atoms with Crippen molar-refractivity contribution in [3.8, 4) is 0 Å². The van der Waals surface area contributed by atoms with Crippen molar-refractivity contribution in [2.75, 3.05) is 6.61 Å². The van der Waals surface area contributed by atoms with Crippen LogP contribution in [0, 0.1) is 0 Å². The highest BCUT2D eigenvalue weighted by molar-refractivity contribution is 5.93. The molecular formula is C21H34N2O3. The van der Waals surface area contributed by atoms with Crippen LogP contribution in [0.15, 0.2) is 34.7 Å². The number of benzene rings is 1. The highest BCUT2D eigenvalue weighted by atomic mass is 16.6. The van der Waals surface area contributed by atoms with Crippen molar-refractivity contribution >= 4 is 11.7 Å². The number of nitrogens with zero attached hydrogens (tertiary/aromatic N) is 2. The summed E-state index contributed by atoms with van der Waals surface area (Å²) >= 11 is 0. The van der Waals surface area contributed by atoms with Gasteiger partial charge in [-0.2, -0.15) is 0 Å². The van der Waals surface area contributed by atoms with E-state index in [4.69, 9.17) is 9.94 Å². The van der Waals surface area contributed by atoms with Gasteiger partial charge in [-0.05, 0) is 25.0 Å². The molecule has 0 amide bonds. The van der Waals surface area contributed by atoms with Crippen LogP contribution in [0.4, 0.5) is 5.69 Å². The minimum Gasteiger partial charge on any atom is -0.478 e. The fourth-order valence-electron chi connectivity index (χ4n) is 2.86. The van der Waals surface area contributed by atoms with Crippen LogP contribution in [0.25, 0.3) is 0 Å². The summed E-state index contributed by atoms with van der Waals surface area (Å²) in [5, 5.41) is 16.5. The number of hydrogen-bond acceptors (Lipinski definition) is 4. The Labute approximate surface area is 157 Å². The van der Waals surface area contributed by atoms with Crippen molar-refractivity contribution in [1.29, 1.82) is 0 Å². The smallest absolute Gasteiger partial charge is 0.337 e. The summed E-state index contributed by atoms with van der Waals surface area (Å²) in [7, 11) is 0. The Morgan fingerprint density at radius 1 is 0.885 bits per heavy atom. The van der Waals surface area contributed by atoms with Gasteiger partial charge < -0.3 is 9.94 Å². The van der Waals surface area contributed by atoms with Gasteiger partial charge in [0.1, 0.15) is 12.3 Å². The molecule has 0 unspecified atom stereocenters. The largest absolute Gasteiger partial charge is 0.478 e. The Hall–Kier alpha value is -1.91. The molecule has 146 valence electrons. The van der Waals surface area contributed by atoms with Gasteiger partial charge >= 0.3 is 5.97 Å². The molecule has 1 aromatic carbocycles. The molecule has 26 heavy (non-hydrogen) atoms. The Bertz CT molecular complexity index is 518. The van der Waals surface area contributed by atoms with Gasteiger partial charge in [-0.15, -0.1) is 5.11 Å². The van der Waals surface area contributed by atoms with E-state index in [2.05, 4.69) is 17.3 Å². The first-order valence-corrected chi connectivity index (χ1v) is 10.1. The number of carbonyl (C=O) groups is 1. The second kappa shape index (κ2) is 15.4. The van der Waals surface area contributed by atoms with Crippen LogP contribution in [0.2, 0.25) is 0 Å². The van der Waals surface area contributed by atoms with Gasteiger partial charge in [-0.1, -0.05) is 83.3 Å². The van der Waals surface area contributed by atoms with E-state index < -0.39 is 5.97 Å². The number of carboxylic acid groups (broad SMARTS) is 1. The molecule has 0 spiro atoms. The molecule has 5 nitrogen and oxygen atoms in total. The van der Waals surface area contributed by atoms with Crippen LogP contribution in [0.1, 0.15) is 94.3 Å². The molecule has 0 fully saturated rings. The van der Waals surface area contributed by atoms with Crippen LogP contribution in [-0.2, 0) is 4.84 Å². The lowest BCUT2D eigenvalue weighted by molar-refractivity contribution is 0.0697. The average Bonchev–Trinajstić information content (AvgIpc) is 2.65. The van der Waals surface area contributed by atoms with E-state index in [0.29, 0.717) is 12.3 Å². The minimum atomic E-state index is -1.01. The maximum absolute atomic E-state index is 11.0. The van der Waals surface area contributed by atoms with Crippen molar-refractivity contribution in [3.63, 3.8) is 0 Å². The number of rotatable bonds is 16. The zero-order valence-electron chi connectivity index (χ0n) is 16.2. The SMILES string of the molecule is CCCCCCCCCCCCCCON=Nc1ccccc1C(=O)O. The third kappa shape index (κ3) is 10.9. The predicted octanol–water partition coefficient (Wildman–Crippen LogP) is 7.10. The summed E-state index contributed by atoms with van der Waals surface area (Å²) in [4.78, 5) is 16.2. The second-order valence-electron chi connectivity index (χ2n) is 6.73. The number of aromatic carboxylic acids is 1. The molecule has 0 aliphatic carbocycles. The molecular weight excluding hydrogens is 328 g/mol.